The SMILES string of the molecule is CC1(Oc2cccc3cc(OCC4CO4)ccc23)CO1. The number of fused-ring (bicyclic) bond motifs is 1. The van der Waals surface area contributed by atoms with Crippen LogP contribution in [0.5, 0.6) is 11.5 Å². The summed E-state index contributed by atoms with van der Waals surface area (Å²) in [6.45, 7) is 4.02. The molecular formula is C16H16O4. The van der Waals surface area contributed by atoms with Crippen LogP contribution in [0.4, 0.5) is 0 Å². The van der Waals surface area contributed by atoms with Crippen molar-refractivity contribution in [2.24, 2.45) is 0 Å². The molecule has 4 rings (SSSR count). The Morgan fingerprint density at radius 2 is 2.15 bits per heavy atom. The lowest BCUT2D eigenvalue weighted by molar-refractivity contribution is 0.0819. The van der Waals surface area contributed by atoms with E-state index < -0.39 is 5.79 Å². The van der Waals surface area contributed by atoms with Gasteiger partial charge in [0.1, 0.15) is 30.8 Å². The van der Waals surface area contributed by atoms with E-state index in [9.17, 15) is 0 Å². The first-order valence-corrected chi connectivity index (χ1v) is 6.82. The van der Waals surface area contributed by atoms with Gasteiger partial charge in [0.25, 0.3) is 0 Å². The van der Waals surface area contributed by atoms with E-state index >= 15 is 0 Å². The van der Waals surface area contributed by atoms with Crippen molar-refractivity contribution in [1.82, 2.24) is 0 Å². The van der Waals surface area contributed by atoms with Gasteiger partial charge in [-0.3, -0.25) is 0 Å². The van der Waals surface area contributed by atoms with Gasteiger partial charge in [-0.2, -0.15) is 0 Å². The van der Waals surface area contributed by atoms with Crippen LogP contribution in [0.2, 0.25) is 0 Å². The largest absolute Gasteiger partial charge is 0.491 e. The number of hydrogen-bond donors (Lipinski definition) is 0. The molecule has 2 fully saturated rings. The fraction of sp³-hybridized carbons (Fsp3) is 0.375. The fourth-order valence-corrected chi connectivity index (χ4v) is 2.16. The van der Waals surface area contributed by atoms with Crippen LogP contribution in [0.3, 0.4) is 0 Å². The average molecular weight is 272 g/mol. The molecule has 2 heterocycles. The first kappa shape index (κ1) is 12.0. The monoisotopic (exact) mass is 272 g/mol. The molecule has 0 aromatic heterocycles. The highest BCUT2D eigenvalue weighted by atomic mass is 16.8. The number of ether oxygens (including phenoxy) is 4. The summed E-state index contributed by atoms with van der Waals surface area (Å²) in [6, 6.07) is 12.0. The summed E-state index contributed by atoms with van der Waals surface area (Å²) in [7, 11) is 0. The normalized spacial score (nSPS) is 27.4. The van der Waals surface area contributed by atoms with E-state index in [0.29, 0.717) is 13.2 Å². The molecule has 2 unspecified atom stereocenters. The van der Waals surface area contributed by atoms with Crippen molar-refractivity contribution in [1.29, 1.82) is 0 Å². The van der Waals surface area contributed by atoms with E-state index in [-0.39, 0.29) is 6.10 Å². The molecule has 2 atom stereocenters. The molecular weight excluding hydrogens is 256 g/mol. The van der Waals surface area contributed by atoms with Crippen molar-refractivity contribution in [3.63, 3.8) is 0 Å². The zero-order valence-electron chi connectivity index (χ0n) is 11.3. The Labute approximate surface area is 117 Å². The first-order chi connectivity index (χ1) is 9.72. The predicted molar refractivity (Wildman–Crippen MR) is 74.2 cm³/mol. The summed E-state index contributed by atoms with van der Waals surface area (Å²) in [5, 5.41) is 2.17. The second-order valence-corrected chi connectivity index (χ2v) is 5.43. The molecule has 0 aliphatic carbocycles. The Hall–Kier alpha value is -1.78. The number of benzene rings is 2. The lowest BCUT2D eigenvalue weighted by Crippen LogP contribution is -2.14. The van der Waals surface area contributed by atoms with E-state index in [2.05, 4.69) is 6.07 Å². The molecule has 0 radical (unpaired) electrons. The molecule has 0 amide bonds. The van der Waals surface area contributed by atoms with Crippen LogP contribution >= 0.6 is 0 Å². The molecule has 2 aliphatic rings. The summed E-state index contributed by atoms with van der Waals surface area (Å²) in [4.78, 5) is 0. The van der Waals surface area contributed by atoms with Crippen molar-refractivity contribution >= 4 is 10.8 Å². The molecule has 0 bridgehead atoms. The Balaban J connectivity index is 1.61. The van der Waals surface area contributed by atoms with Gasteiger partial charge in [-0.1, -0.05) is 12.1 Å². The van der Waals surface area contributed by atoms with Crippen molar-refractivity contribution in [2.75, 3.05) is 19.8 Å². The third-order valence-electron chi connectivity index (χ3n) is 3.53. The second kappa shape index (κ2) is 4.36. The van der Waals surface area contributed by atoms with Gasteiger partial charge in [0.15, 0.2) is 0 Å². The van der Waals surface area contributed by atoms with Crippen LogP contribution in [0, 0.1) is 0 Å². The molecule has 2 aliphatic heterocycles. The van der Waals surface area contributed by atoms with Crippen LogP contribution in [-0.2, 0) is 9.47 Å². The van der Waals surface area contributed by atoms with Gasteiger partial charge >= 0.3 is 0 Å². The lowest BCUT2D eigenvalue weighted by atomic mass is 10.1. The van der Waals surface area contributed by atoms with Gasteiger partial charge < -0.3 is 18.9 Å². The third kappa shape index (κ3) is 2.44. The van der Waals surface area contributed by atoms with E-state index in [4.69, 9.17) is 18.9 Å². The molecule has 0 N–H and O–H groups in total. The van der Waals surface area contributed by atoms with E-state index in [1.807, 2.05) is 37.3 Å². The van der Waals surface area contributed by atoms with E-state index in [0.717, 1.165) is 28.9 Å². The highest BCUT2D eigenvalue weighted by Gasteiger charge is 2.42. The summed E-state index contributed by atoms with van der Waals surface area (Å²) < 4.78 is 22.0. The molecule has 0 saturated carbocycles. The predicted octanol–water partition coefficient (Wildman–Crippen LogP) is 2.74. The quantitative estimate of drug-likeness (QED) is 0.785. The Morgan fingerprint density at radius 1 is 1.30 bits per heavy atom. The van der Waals surface area contributed by atoms with Crippen molar-refractivity contribution in [2.45, 2.75) is 18.8 Å². The van der Waals surface area contributed by atoms with Gasteiger partial charge in [-0.05, 0) is 29.7 Å². The van der Waals surface area contributed by atoms with Crippen LogP contribution < -0.4 is 9.47 Å². The zero-order chi connectivity index (χ0) is 13.6. The maximum Gasteiger partial charge on any atom is 0.231 e. The molecule has 2 saturated heterocycles. The third-order valence-corrected chi connectivity index (χ3v) is 3.53. The summed E-state index contributed by atoms with van der Waals surface area (Å²) in [5.74, 6) is 1.26. The maximum absolute atomic E-state index is 5.89. The Kier molecular flexibility index (Phi) is 2.62. The highest BCUT2D eigenvalue weighted by molar-refractivity contribution is 5.89. The Morgan fingerprint density at radius 3 is 2.90 bits per heavy atom. The topological polar surface area (TPSA) is 43.5 Å². The van der Waals surface area contributed by atoms with Crippen LogP contribution in [-0.4, -0.2) is 31.7 Å². The summed E-state index contributed by atoms with van der Waals surface area (Å²) >= 11 is 0. The van der Waals surface area contributed by atoms with Crippen LogP contribution in [0.25, 0.3) is 10.8 Å². The van der Waals surface area contributed by atoms with Crippen LogP contribution in [0.1, 0.15) is 6.92 Å². The van der Waals surface area contributed by atoms with Gasteiger partial charge in [0.05, 0.1) is 6.61 Å². The minimum atomic E-state index is -0.452. The standard InChI is InChI=1S/C16H16O4/c1-16(10-19-16)20-15-4-2-3-11-7-12(5-6-14(11)15)17-8-13-9-18-13/h2-7,13H,8-10H2,1H3. The summed E-state index contributed by atoms with van der Waals surface area (Å²) in [6.07, 6.45) is 0.271. The fourth-order valence-electron chi connectivity index (χ4n) is 2.16. The van der Waals surface area contributed by atoms with Gasteiger partial charge in [-0.25, -0.2) is 0 Å². The zero-order valence-corrected chi connectivity index (χ0v) is 11.3. The average Bonchev–Trinajstić information content (AvgIpc) is 3.35. The maximum atomic E-state index is 5.89. The Bertz CT molecular complexity index is 644. The van der Waals surface area contributed by atoms with Gasteiger partial charge in [0, 0.05) is 12.3 Å². The summed E-state index contributed by atoms with van der Waals surface area (Å²) in [5.41, 5.74) is 0. The molecule has 104 valence electrons. The molecule has 20 heavy (non-hydrogen) atoms. The minimum Gasteiger partial charge on any atom is -0.491 e. The van der Waals surface area contributed by atoms with Crippen molar-refractivity contribution in [3.8, 4) is 11.5 Å². The van der Waals surface area contributed by atoms with Crippen molar-refractivity contribution in [3.05, 3.63) is 36.4 Å². The lowest BCUT2D eigenvalue weighted by Gasteiger charge is -2.13. The van der Waals surface area contributed by atoms with E-state index in [1.165, 1.54) is 0 Å². The van der Waals surface area contributed by atoms with Gasteiger partial charge in [0.2, 0.25) is 5.79 Å². The van der Waals surface area contributed by atoms with Crippen molar-refractivity contribution < 1.29 is 18.9 Å². The van der Waals surface area contributed by atoms with Crippen LogP contribution in [0.15, 0.2) is 36.4 Å². The second-order valence-electron chi connectivity index (χ2n) is 5.43. The minimum absolute atomic E-state index is 0.271. The highest BCUT2D eigenvalue weighted by Crippen LogP contribution is 2.35. The van der Waals surface area contributed by atoms with Gasteiger partial charge in [-0.15, -0.1) is 0 Å². The molecule has 4 heteroatoms. The number of rotatable bonds is 5. The molecule has 4 nitrogen and oxygen atoms in total. The van der Waals surface area contributed by atoms with E-state index in [1.54, 1.807) is 0 Å². The number of epoxide rings is 2. The number of hydrogen-bond acceptors (Lipinski definition) is 4. The first-order valence-electron chi connectivity index (χ1n) is 6.82. The molecule has 0 spiro atoms. The molecule has 2 aromatic carbocycles. The smallest absolute Gasteiger partial charge is 0.231 e. The molecule has 2 aromatic rings.